The first-order valence-corrected chi connectivity index (χ1v) is 7.77. The van der Waals surface area contributed by atoms with Gasteiger partial charge >= 0.3 is 0 Å². The standard InChI is InChI=1S/C13H19NO5S/c1-18-11-5-6-14(8-11)20(16,17)13-4-3-10(9-15)7-12(13)19-2/h3-4,7,11,15H,5-6,8-9H2,1-2H3. The topological polar surface area (TPSA) is 76.1 Å². The minimum Gasteiger partial charge on any atom is -0.495 e. The molecule has 0 spiro atoms. The molecule has 0 bridgehead atoms. The molecule has 112 valence electrons. The first kappa shape index (κ1) is 15.2. The third-order valence-electron chi connectivity index (χ3n) is 3.47. The number of methoxy groups -OCH3 is 2. The molecule has 1 aromatic carbocycles. The van der Waals surface area contributed by atoms with E-state index in [1.54, 1.807) is 13.2 Å². The molecule has 1 aromatic rings. The smallest absolute Gasteiger partial charge is 0.246 e. The predicted octanol–water partition coefficient (Wildman–Crippen LogP) is 0.597. The lowest BCUT2D eigenvalue weighted by molar-refractivity contribution is 0.115. The lowest BCUT2D eigenvalue weighted by Gasteiger charge is -2.18. The van der Waals surface area contributed by atoms with Crippen molar-refractivity contribution in [1.29, 1.82) is 0 Å². The number of hydrogen-bond acceptors (Lipinski definition) is 5. The van der Waals surface area contributed by atoms with E-state index in [1.165, 1.54) is 23.5 Å². The van der Waals surface area contributed by atoms with E-state index >= 15 is 0 Å². The summed E-state index contributed by atoms with van der Waals surface area (Å²) < 4.78 is 36.9. The summed E-state index contributed by atoms with van der Waals surface area (Å²) in [5, 5.41) is 9.10. The molecule has 0 saturated carbocycles. The van der Waals surface area contributed by atoms with Crippen molar-refractivity contribution in [2.45, 2.75) is 24.0 Å². The molecule has 20 heavy (non-hydrogen) atoms. The largest absolute Gasteiger partial charge is 0.495 e. The highest BCUT2D eigenvalue weighted by molar-refractivity contribution is 7.89. The maximum atomic E-state index is 12.6. The minimum atomic E-state index is -3.60. The summed E-state index contributed by atoms with van der Waals surface area (Å²) in [6, 6.07) is 4.59. The molecule has 0 aliphatic carbocycles. The van der Waals surface area contributed by atoms with Crippen LogP contribution in [0.5, 0.6) is 5.75 Å². The SMILES string of the molecule is COc1cc(CO)ccc1S(=O)(=O)N1CCC(OC)C1. The van der Waals surface area contributed by atoms with Crippen LogP contribution in [0.3, 0.4) is 0 Å². The summed E-state index contributed by atoms with van der Waals surface area (Å²) in [7, 11) is -0.608. The number of aliphatic hydroxyl groups excluding tert-OH is 1. The second-order valence-electron chi connectivity index (χ2n) is 4.65. The Bertz CT molecular complexity index is 572. The molecule has 1 N–H and O–H groups in total. The Morgan fingerprint density at radius 1 is 1.40 bits per heavy atom. The number of hydrogen-bond donors (Lipinski definition) is 1. The highest BCUT2D eigenvalue weighted by atomic mass is 32.2. The zero-order valence-electron chi connectivity index (χ0n) is 11.6. The Morgan fingerprint density at radius 3 is 2.70 bits per heavy atom. The van der Waals surface area contributed by atoms with Gasteiger partial charge in [-0.05, 0) is 24.1 Å². The second kappa shape index (κ2) is 6.09. The molecular formula is C13H19NO5S. The molecular weight excluding hydrogens is 282 g/mol. The van der Waals surface area contributed by atoms with Crippen LogP contribution < -0.4 is 4.74 Å². The van der Waals surface area contributed by atoms with Gasteiger partial charge in [-0.2, -0.15) is 4.31 Å². The first-order chi connectivity index (χ1) is 9.52. The van der Waals surface area contributed by atoms with Crippen molar-refractivity contribution >= 4 is 10.0 Å². The number of aliphatic hydroxyl groups is 1. The van der Waals surface area contributed by atoms with E-state index in [0.717, 1.165) is 0 Å². The van der Waals surface area contributed by atoms with E-state index in [0.29, 0.717) is 25.1 Å². The van der Waals surface area contributed by atoms with Crippen LogP contribution in [-0.4, -0.2) is 51.2 Å². The molecule has 1 heterocycles. The fourth-order valence-electron chi connectivity index (χ4n) is 2.27. The fraction of sp³-hybridized carbons (Fsp3) is 0.538. The van der Waals surface area contributed by atoms with Crippen LogP contribution in [0.2, 0.25) is 0 Å². The monoisotopic (exact) mass is 301 g/mol. The van der Waals surface area contributed by atoms with Crippen LogP contribution >= 0.6 is 0 Å². The predicted molar refractivity (Wildman–Crippen MR) is 73.1 cm³/mol. The lowest BCUT2D eigenvalue weighted by Crippen LogP contribution is -2.30. The molecule has 2 rings (SSSR count). The molecule has 1 aliphatic heterocycles. The van der Waals surface area contributed by atoms with Gasteiger partial charge in [-0.1, -0.05) is 6.07 Å². The normalized spacial score (nSPS) is 20.2. The lowest BCUT2D eigenvalue weighted by atomic mass is 10.2. The molecule has 7 heteroatoms. The van der Waals surface area contributed by atoms with Gasteiger partial charge in [0.1, 0.15) is 10.6 Å². The van der Waals surface area contributed by atoms with Gasteiger partial charge in [0, 0.05) is 20.2 Å². The molecule has 1 aliphatic rings. The number of nitrogens with zero attached hydrogens (tertiary/aromatic N) is 1. The molecule has 0 amide bonds. The van der Waals surface area contributed by atoms with Crippen LogP contribution in [0.15, 0.2) is 23.1 Å². The summed E-state index contributed by atoms with van der Waals surface area (Å²) in [5.41, 5.74) is 0.608. The van der Waals surface area contributed by atoms with Crippen molar-refractivity contribution in [2.24, 2.45) is 0 Å². The third kappa shape index (κ3) is 2.80. The van der Waals surface area contributed by atoms with Crippen LogP contribution in [-0.2, 0) is 21.4 Å². The van der Waals surface area contributed by atoms with Crippen molar-refractivity contribution in [3.8, 4) is 5.75 Å². The van der Waals surface area contributed by atoms with E-state index in [4.69, 9.17) is 14.6 Å². The number of ether oxygens (including phenoxy) is 2. The van der Waals surface area contributed by atoms with E-state index in [1.807, 2.05) is 0 Å². The van der Waals surface area contributed by atoms with Gasteiger partial charge in [0.15, 0.2) is 0 Å². The van der Waals surface area contributed by atoms with Crippen LogP contribution in [0.1, 0.15) is 12.0 Å². The zero-order chi connectivity index (χ0) is 14.8. The van der Waals surface area contributed by atoms with Crippen LogP contribution in [0, 0.1) is 0 Å². The van der Waals surface area contributed by atoms with E-state index in [9.17, 15) is 8.42 Å². The van der Waals surface area contributed by atoms with Gasteiger partial charge in [-0.3, -0.25) is 0 Å². The Kier molecular flexibility index (Phi) is 4.64. The highest BCUT2D eigenvalue weighted by Crippen LogP contribution is 2.30. The fourth-order valence-corrected chi connectivity index (χ4v) is 3.89. The summed E-state index contributed by atoms with van der Waals surface area (Å²) in [6.07, 6.45) is 0.625. The second-order valence-corrected chi connectivity index (χ2v) is 6.56. The maximum Gasteiger partial charge on any atom is 0.246 e. The first-order valence-electron chi connectivity index (χ1n) is 6.33. The van der Waals surface area contributed by atoms with Crippen molar-refractivity contribution < 1.29 is 23.0 Å². The molecule has 1 atom stereocenters. The Morgan fingerprint density at radius 2 is 2.15 bits per heavy atom. The summed E-state index contributed by atoms with van der Waals surface area (Å²) in [6.45, 7) is 0.627. The van der Waals surface area contributed by atoms with Crippen molar-refractivity contribution in [1.82, 2.24) is 4.31 Å². The zero-order valence-corrected chi connectivity index (χ0v) is 12.4. The number of sulfonamides is 1. The van der Waals surface area contributed by atoms with E-state index in [-0.39, 0.29) is 23.4 Å². The van der Waals surface area contributed by atoms with Gasteiger partial charge in [0.05, 0.1) is 19.8 Å². The van der Waals surface area contributed by atoms with Crippen LogP contribution in [0.4, 0.5) is 0 Å². The van der Waals surface area contributed by atoms with Crippen molar-refractivity contribution in [3.63, 3.8) is 0 Å². The Hall–Kier alpha value is -1.15. The van der Waals surface area contributed by atoms with E-state index in [2.05, 4.69) is 0 Å². The van der Waals surface area contributed by atoms with Crippen molar-refractivity contribution in [3.05, 3.63) is 23.8 Å². The van der Waals surface area contributed by atoms with Gasteiger partial charge in [-0.25, -0.2) is 8.42 Å². The molecule has 6 nitrogen and oxygen atoms in total. The average molecular weight is 301 g/mol. The van der Waals surface area contributed by atoms with Gasteiger partial charge in [0.25, 0.3) is 0 Å². The van der Waals surface area contributed by atoms with Gasteiger partial charge in [-0.15, -0.1) is 0 Å². The maximum absolute atomic E-state index is 12.6. The van der Waals surface area contributed by atoms with Crippen molar-refractivity contribution in [2.75, 3.05) is 27.3 Å². The molecule has 1 fully saturated rings. The minimum absolute atomic E-state index is 0.0625. The molecule has 0 radical (unpaired) electrons. The van der Waals surface area contributed by atoms with E-state index < -0.39 is 10.0 Å². The molecule has 1 unspecified atom stereocenters. The number of rotatable bonds is 5. The Balaban J connectivity index is 2.34. The third-order valence-corrected chi connectivity index (χ3v) is 5.37. The molecule has 0 aromatic heterocycles. The van der Waals surface area contributed by atoms with Gasteiger partial charge in [0.2, 0.25) is 10.0 Å². The van der Waals surface area contributed by atoms with Crippen LogP contribution in [0.25, 0.3) is 0 Å². The number of benzene rings is 1. The Labute approximate surface area is 119 Å². The summed E-state index contributed by atoms with van der Waals surface area (Å²) in [5.74, 6) is 0.248. The summed E-state index contributed by atoms with van der Waals surface area (Å²) >= 11 is 0. The quantitative estimate of drug-likeness (QED) is 0.862. The average Bonchev–Trinajstić information content (AvgIpc) is 2.96. The highest BCUT2D eigenvalue weighted by Gasteiger charge is 2.34. The summed E-state index contributed by atoms with van der Waals surface area (Å²) in [4.78, 5) is 0.119. The van der Waals surface area contributed by atoms with Gasteiger partial charge < -0.3 is 14.6 Å². The molecule has 1 saturated heterocycles.